The summed E-state index contributed by atoms with van der Waals surface area (Å²) >= 11 is 0. The van der Waals surface area contributed by atoms with Gasteiger partial charge in [0.2, 0.25) is 5.91 Å². The van der Waals surface area contributed by atoms with Crippen molar-refractivity contribution >= 4 is 11.9 Å². The minimum Gasteiger partial charge on any atom is -0.480 e. The largest absolute Gasteiger partial charge is 0.480 e. The molecule has 1 saturated carbocycles. The van der Waals surface area contributed by atoms with E-state index in [9.17, 15) is 14.7 Å². The zero-order valence-corrected chi connectivity index (χ0v) is 10.1. The van der Waals surface area contributed by atoms with Crippen molar-refractivity contribution in [2.75, 3.05) is 6.54 Å². The first-order valence-electron chi connectivity index (χ1n) is 6.35. The predicted molar refractivity (Wildman–Crippen MR) is 62.2 cm³/mol. The van der Waals surface area contributed by atoms with E-state index in [-0.39, 0.29) is 11.8 Å². The van der Waals surface area contributed by atoms with E-state index in [4.69, 9.17) is 5.73 Å². The third-order valence-corrected chi connectivity index (χ3v) is 4.18. The van der Waals surface area contributed by atoms with Crippen LogP contribution >= 0.6 is 0 Å². The Balaban J connectivity index is 2.17. The zero-order chi connectivity index (χ0) is 12.6. The van der Waals surface area contributed by atoms with Gasteiger partial charge >= 0.3 is 5.97 Å². The van der Waals surface area contributed by atoms with Crippen molar-refractivity contribution in [2.45, 2.75) is 44.7 Å². The normalized spacial score (nSPS) is 33.5. The van der Waals surface area contributed by atoms with Crippen LogP contribution in [0, 0.1) is 11.8 Å². The van der Waals surface area contributed by atoms with E-state index >= 15 is 0 Å². The number of nitrogens with zero attached hydrogens (tertiary/aromatic N) is 1. The fourth-order valence-corrected chi connectivity index (χ4v) is 3.24. The third-order valence-electron chi connectivity index (χ3n) is 4.18. The van der Waals surface area contributed by atoms with Crippen molar-refractivity contribution in [2.24, 2.45) is 17.6 Å². The topological polar surface area (TPSA) is 83.6 Å². The van der Waals surface area contributed by atoms with Crippen molar-refractivity contribution < 1.29 is 14.7 Å². The highest BCUT2D eigenvalue weighted by molar-refractivity contribution is 5.87. The Morgan fingerprint density at radius 3 is 2.76 bits per heavy atom. The molecular weight excluding hydrogens is 220 g/mol. The third kappa shape index (κ3) is 2.04. The molecule has 96 valence electrons. The summed E-state index contributed by atoms with van der Waals surface area (Å²) in [4.78, 5) is 24.9. The van der Waals surface area contributed by atoms with Crippen LogP contribution in [0.3, 0.4) is 0 Å². The van der Waals surface area contributed by atoms with Gasteiger partial charge in [-0.25, -0.2) is 4.79 Å². The Hall–Kier alpha value is -1.10. The number of amides is 1. The number of carboxylic acids is 1. The number of hydrogen-bond acceptors (Lipinski definition) is 3. The summed E-state index contributed by atoms with van der Waals surface area (Å²) in [6.07, 6.45) is 3.60. The molecule has 2 aliphatic rings. The number of likely N-dealkylation sites (tertiary alicyclic amines) is 1. The average Bonchev–Trinajstić information content (AvgIpc) is 2.85. The molecule has 1 aliphatic heterocycles. The number of fused-ring (bicyclic) bond motifs is 1. The second kappa shape index (κ2) is 4.64. The summed E-state index contributed by atoms with van der Waals surface area (Å²) in [6, 6.07) is -1.21. The van der Waals surface area contributed by atoms with Crippen molar-refractivity contribution in [3.8, 4) is 0 Å². The molecule has 0 aromatic heterocycles. The summed E-state index contributed by atoms with van der Waals surface area (Å²) in [5.74, 6) is -0.574. The molecule has 5 heteroatoms. The zero-order valence-electron chi connectivity index (χ0n) is 10.1. The molecule has 0 unspecified atom stereocenters. The SMILES string of the molecule is CC[C@H](N)C(=O)N1C[C@@H]2CCC[C@@H]2[C@H]1C(=O)O. The maximum Gasteiger partial charge on any atom is 0.326 e. The van der Waals surface area contributed by atoms with Gasteiger partial charge in [-0.15, -0.1) is 0 Å². The maximum absolute atomic E-state index is 12.1. The number of carbonyl (C=O) groups is 2. The number of hydrogen-bond donors (Lipinski definition) is 2. The van der Waals surface area contributed by atoms with Gasteiger partial charge in [0.25, 0.3) is 0 Å². The molecule has 0 aromatic carbocycles. The highest BCUT2D eigenvalue weighted by Crippen LogP contribution is 2.42. The van der Waals surface area contributed by atoms with Gasteiger partial charge < -0.3 is 15.7 Å². The molecule has 1 heterocycles. The van der Waals surface area contributed by atoms with Crippen LogP contribution in [0.1, 0.15) is 32.6 Å². The fraction of sp³-hybridized carbons (Fsp3) is 0.833. The standard InChI is InChI=1S/C12H20N2O3/c1-2-9(13)11(15)14-6-7-4-3-5-8(7)10(14)12(16)17/h7-10H,2-6,13H2,1H3,(H,16,17)/t7-,8-,9-,10-/m0/s1. The molecule has 0 aromatic rings. The van der Waals surface area contributed by atoms with E-state index < -0.39 is 18.1 Å². The Labute approximate surface area is 101 Å². The summed E-state index contributed by atoms with van der Waals surface area (Å²) in [5, 5.41) is 9.30. The molecule has 2 fully saturated rings. The first kappa shape index (κ1) is 12.4. The summed E-state index contributed by atoms with van der Waals surface area (Å²) in [5.41, 5.74) is 5.72. The van der Waals surface area contributed by atoms with Crippen molar-refractivity contribution in [3.63, 3.8) is 0 Å². The Bertz CT molecular complexity index is 332. The first-order valence-corrected chi connectivity index (χ1v) is 6.35. The van der Waals surface area contributed by atoms with Crippen LogP contribution < -0.4 is 5.73 Å². The number of carbonyl (C=O) groups excluding carboxylic acids is 1. The molecule has 1 saturated heterocycles. The van der Waals surface area contributed by atoms with E-state index in [1.807, 2.05) is 6.92 Å². The molecule has 0 radical (unpaired) electrons. The van der Waals surface area contributed by atoms with Crippen LogP contribution in [-0.4, -0.2) is 40.5 Å². The highest BCUT2D eigenvalue weighted by atomic mass is 16.4. The van der Waals surface area contributed by atoms with Crippen molar-refractivity contribution in [1.29, 1.82) is 0 Å². The lowest BCUT2D eigenvalue weighted by Crippen LogP contribution is -2.49. The quantitative estimate of drug-likeness (QED) is 0.749. The van der Waals surface area contributed by atoms with Gasteiger partial charge in [-0.2, -0.15) is 0 Å². The van der Waals surface area contributed by atoms with Gasteiger partial charge in [0.15, 0.2) is 0 Å². The second-order valence-electron chi connectivity index (χ2n) is 5.14. The van der Waals surface area contributed by atoms with E-state index in [1.165, 1.54) is 4.90 Å². The Morgan fingerprint density at radius 1 is 1.47 bits per heavy atom. The number of aliphatic carboxylic acids is 1. The van der Waals surface area contributed by atoms with Gasteiger partial charge in [-0.3, -0.25) is 4.79 Å². The van der Waals surface area contributed by atoms with E-state index in [1.54, 1.807) is 0 Å². The van der Waals surface area contributed by atoms with Gasteiger partial charge in [0.1, 0.15) is 6.04 Å². The highest BCUT2D eigenvalue weighted by Gasteiger charge is 2.49. The minimum atomic E-state index is -0.879. The summed E-state index contributed by atoms with van der Waals surface area (Å²) < 4.78 is 0. The van der Waals surface area contributed by atoms with Crippen LogP contribution in [0.15, 0.2) is 0 Å². The molecule has 5 nitrogen and oxygen atoms in total. The lowest BCUT2D eigenvalue weighted by atomic mass is 9.94. The van der Waals surface area contributed by atoms with Crippen LogP contribution in [0.25, 0.3) is 0 Å². The van der Waals surface area contributed by atoms with E-state index in [0.717, 1.165) is 19.3 Å². The Kier molecular flexibility index (Phi) is 3.38. The van der Waals surface area contributed by atoms with Gasteiger partial charge in [0, 0.05) is 6.54 Å². The minimum absolute atomic E-state index is 0.139. The lowest BCUT2D eigenvalue weighted by molar-refractivity contribution is -0.150. The van der Waals surface area contributed by atoms with Gasteiger partial charge in [0.05, 0.1) is 6.04 Å². The monoisotopic (exact) mass is 240 g/mol. The molecule has 0 bridgehead atoms. The Morgan fingerprint density at radius 2 is 2.18 bits per heavy atom. The van der Waals surface area contributed by atoms with Crippen LogP contribution in [0.5, 0.6) is 0 Å². The first-order chi connectivity index (χ1) is 8.06. The van der Waals surface area contributed by atoms with Crippen molar-refractivity contribution in [1.82, 2.24) is 4.90 Å². The maximum atomic E-state index is 12.1. The smallest absolute Gasteiger partial charge is 0.326 e. The predicted octanol–water partition coefficient (Wildman–Crippen LogP) is 0.435. The fourth-order valence-electron chi connectivity index (χ4n) is 3.24. The molecule has 2 rings (SSSR count). The van der Waals surface area contributed by atoms with E-state index in [2.05, 4.69) is 0 Å². The van der Waals surface area contributed by atoms with Gasteiger partial charge in [-0.1, -0.05) is 13.3 Å². The molecule has 0 spiro atoms. The second-order valence-corrected chi connectivity index (χ2v) is 5.14. The van der Waals surface area contributed by atoms with Gasteiger partial charge in [-0.05, 0) is 31.1 Å². The van der Waals surface area contributed by atoms with Crippen LogP contribution in [-0.2, 0) is 9.59 Å². The molecule has 4 atom stereocenters. The molecule has 3 N–H and O–H groups in total. The number of rotatable bonds is 3. The number of carboxylic acid groups (broad SMARTS) is 1. The summed E-state index contributed by atoms with van der Waals surface area (Å²) in [7, 11) is 0. The van der Waals surface area contributed by atoms with Crippen LogP contribution in [0.4, 0.5) is 0 Å². The average molecular weight is 240 g/mol. The van der Waals surface area contributed by atoms with E-state index in [0.29, 0.717) is 18.9 Å². The lowest BCUT2D eigenvalue weighted by Gasteiger charge is -2.26. The molecule has 1 amide bonds. The molecule has 17 heavy (non-hydrogen) atoms. The molecule has 1 aliphatic carbocycles. The number of nitrogens with two attached hydrogens (primary N) is 1. The van der Waals surface area contributed by atoms with Crippen molar-refractivity contribution in [3.05, 3.63) is 0 Å². The summed E-state index contributed by atoms with van der Waals surface area (Å²) in [6.45, 7) is 2.42. The molecular formula is C12H20N2O3. The van der Waals surface area contributed by atoms with Crippen LogP contribution in [0.2, 0.25) is 0 Å².